The third kappa shape index (κ3) is 1.97. The number of nitriles is 2. The Morgan fingerprint density at radius 3 is 2.13 bits per heavy atom. The van der Waals surface area contributed by atoms with Crippen molar-refractivity contribution in [3.63, 3.8) is 0 Å². The minimum Gasteiger partial charge on any atom is -0.396 e. The number of aromatic nitrogens is 1. The molecule has 1 aromatic rings. The first-order chi connectivity index (χ1) is 6.90. The van der Waals surface area contributed by atoms with Gasteiger partial charge in [-0.2, -0.15) is 23.7 Å². The van der Waals surface area contributed by atoms with Gasteiger partial charge >= 0.3 is 6.18 Å². The first kappa shape index (κ1) is 10.8. The second kappa shape index (κ2) is 3.46. The summed E-state index contributed by atoms with van der Waals surface area (Å²) < 4.78 is 37.0. The van der Waals surface area contributed by atoms with E-state index in [1.165, 1.54) is 12.1 Å². The van der Waals surface area contributed by atoms with E-state index >= 15 is 0 Å². The minimum atomic E-state index is -4.71. The van der Waals surface area contributed by atoms with Crippen LogP contribution < -0.4 is 5.73 Å². The standard InChI is InChI=1S/C8H3F3N4/c9-8(10,11)4-1-5(14)7(3-13)15-6(4)2-12/h1H,14H2. The van der Waals surface area contributed by atoms with Crippen molar-refractivity contribution in [1.82, 2.24) is 4.98 Å². The Morgan fingerprint density at radius 1 is 1.20 bits per heavy atom. The van der Waals surface area contributed by atoms with Crippen molar-refractivity contribution < 1.29 is 13.2 Å². The van der Waals surface area contributed by atoms with Crippen LogP contribution in [0.2, 0.25) is 0 Å². The van der Waals surface area contributed by atoms with Gasteiger partial charge in [-0.15, -0.1) is 0 Å². The van der Waals surface area contributed by atoms with E-state index in [1.807, 2.05) is 0 Å². The molecule has 0 fully saturated rings. The van der Waals surface area contributed by atoms with Crippen molar-refractivity contribution in [1.29, 1.82) is 10.5 Å². The molecule has 1 heterocycles. The highest BCUT2D eigenvalue weighted by atomic mass is 19.4. The number of hydrogen-bond donors (Lipinski definition) is 1. The van der Waals surface area contributed by atoms with Crippen LogP contribution in [-0.4, -0.2) is 4.98 Å². The van der Waals surface area contributed by atoms with Crippen LogP contribution in [0.5, 0.6) is 0 Å². The first-order valence-electron chi connectivity index (χ1n) is 3.58. The molecule has 0 amide bonds. The normalized spacial score (nSPS) is 10.5. The summed E-state index contributed by atoms with van der Waals surface area (Å²) >= 11 is 0. The predicted octanol–water partition coefficient (Wildman–Crippen LogP) is 1.43. The van der Waals surface area contributed by atoms with Gasteiger partial charge in [-0.05, 0) is 6.07 Å². The molecular formula is C8H3F3N4. The Morgan fingerprint density at radius 2 is 1.73 bits per heavy atom. The number of nitrogens with two attached hydrogens (primary N) is 1. The van der Waals surface area contributed by atoms with Crippen LogP contribution in [0.1, 0.15) is 17.0 Å². The van der Waals surface area contributed by atoms with Crippen LogP contribution in [0.3, 0.4) is 0 Å². The second-order valence-corrected chi connectivity index (χ2v) is 2.54. The fourth-order valence-electron chi connectivity index (χ4n) is 0.920. The minimum absolute atomic E-state index is 0.389. The van der Waals surface area contributed by atoms with Crippen LogP contribution in [0.15, 0.2) is 6.07 Å². The zero-order valence-electron chi connectivity index (χ0n) is 7.13. The highest BCUT2D eigenvalue weighted by molar-refractivity contribution is 5.55. The lowest BCUT2D eigenvalue weighted by atomic mass is 10.1. The third-order valence-corrected chi connectivity index (χ3v) is 1.57. The average Bonchev–Trinajstić information content (AvgIpc) is 2.16. The maximum atomic E-state index is 12.3. The Hall–Kier alpha value is -2.28. The van der Waals surface area contributed by atoms with Gasteiger partial charge in [0.25, 0.3) is 0 Å². The number of halogens is 3. The van der Waals surface area contributed by atoms with Crippen molar-refractivity contribution in [2.45, 2.75) is 6.18 Å². The molecule has 0 saturated heterocycles. The predicted molar refractivity (Wildman–Crippen MR) is 43.1 cm³/mol. The fraction of sp³-hybridized carbons (Fsp3) is 0.125. The molecular weight excluding hydrogens is 209 g/mol. The lowest BCUT2D eigenvalue weighted by molar-refractivity contribution is -0.138. The first-order valence-corrected chi connectivity index (χ1v) is 3.58. The monoisotopic (exact) mass is 212 g/mol. The molecule has 1 aromatic heterocycles. The van der Waals surface area contributed by atoms with Crippen LogP contribution >= 0.6 is 0 Å². The highest BCUT2D eigenvalue weighted by Gasteiger charge is 2.35. The van der Waals surface area contributed by atoms with E-state index in [-0.39, 0.29) is 5.69 Å². The Balaban J connectivity index is 3.52. The number of rotatable bonds is 0. The van der Waals surface area contributed by atoms with Crippen LogP contribution in [-0.2, 0) is 6.18 Å². The van der Waals surface area contributed by atoms with E-state index in [0.717, 1.165) is 0 Å². The van der Waals surface area contributed by atoms with Crippen molar-refractivity contribution in [2.75, 3.05) is 5.73 Å². The lowest BCUT2D eigenvalue weighted by Crippen LogP contribution is -2.11. The zero-order chi connectivity index (χ0) is 11.6. The van der Waals surface area contributed by atoms with Gasteiger partial charge in [0.05, 0.1) is 11.3 Å². The molecule has 15 heavy (non-hydrogen) atoms. The van der Waals surface area contributed by atoms with Gasteiger partial charge in [-0.25, -0.2) is 4.98 Å². The summed E-state index contributed by atoms with van der Waals surface area (Å²) in [6, 6.07) is 3.29. The topological polar surface area (TPSA) is 86.5 Å². The van der Waals surface area contributed by atoms with E-state index < -0.39 is 23.1 Å². The fourth-order valence-corrected chi connectivity index (χ4v) is 0.920. The highest BCUT2D eigenvalue weighted by Crippen LogP contribution is 2.32. The van der Waals surface area contributed by atoms with Gasteiger partial charge < -0.3 is 5.73 Å². The van der Waals surface area contributed by atoms with E-state index in [4.69, 9.17) is 16.3 Å². The van der Waals surface area contributed by atoms with Gasteiger partial charge in [0, 0.05) is 0 Å². The zero-order valence-corrected chi connectivity index (χ0v) is 7.13. The molecule has 0 saturated carbocycles. The van der Waals surface area contributed by atoms with Gasteiger partial charge in [-0.3, -0.25) is 0 Å². The Kier molecular flexibility index (Phi) is 2.49. The summed E-state index contributed by atoms with van der Waals surface area (Å²) in [5, 5.41) is 16.9. The molecule has 0 radical (unpaired) electrons. The molecule has 0 aromatic carbocycles. The van der Waals surface area contributed by atoms with E-state index in [9.17, 15) is 13.2 Å². The number of nitrogen functional groups attached to an aromatic ring is 1. The summed E-state index contributed by atoms with van der Waals surface area (Å²) in [4.78, 5) is 3.21. The molecule has 0 bridgehead atoms. The SMILES string of the molecule is N#Cc1nc(C#N)c(C(F)(F)F)cc1N. The quantitative estimate of drug-likeness (QED) is 0.704. The van der Waals surface area contributed by atoms with Crippen molar-refractivity contribution in [3.05, 3.63) is 23.0 Å². The van der Waals surface area contributed by atoms with Gasteiger partial charge in [0.2, 0.25) is 0 Å². The number of hydrogen-bond acceptors (Lipinski definition) is 4. The van der Waals surface area contributed by atoms with E-state index in [1.54, 1.807) is 0 Å². The molecule has 0 atom stereocenters. The largest absolute Gasteiger partial charge is 0.419 e. The average molecular weight is 212 g/mol. The molecule has 2 N–H and O–H groups in total. The molecule has 0 unspecified atom stereocenters. The smallest absolute Gasteiger partial charge is 0.396 e. The molecule has 0 aliphatic heterocycles. The number of nitrogens with zero attached hydrogens (tertiary/aromatic N) is 3. The van der Waals surface area contributed by atoms with Gasteiger partial charge in [0.15, 0.2) is 11.4 Å². The molecule has 7 heteroatoms. The number of pyridine rings is 1. The van der Waals surface area contributed by atoms with E-state index in [0.29, 0.717) is 6.07 Å². The van der Waals surface area contributed by atoms with Crippen LogP contribution in [0.4, 0.5) is 18.9 Å². The summed E-state index contributed by atoms with van der Waals surface area (Å²) in [5.41, 5.74) is 2.28. The molecule has 76 valence electrons. The van der Waals surface area contributed by atoms with Crippen LogP contribution in [0, 0.1) is 22.7 Å². The van der Waals surface area contributed by atoms with Gasteiger partial charge in [-0.1, -0.05) is 0 Å². The maximum absolute atomic E-state index is 12.3. The van der Waals surface area contributed by atoms with Crippen LogP contribution in [0.25, 0.3) is 0 Å². The molecule has 0 spiro atoms. The van der Waals surface area contributed by atoms with Crippen molar-refractivity contribution in [2.24, 2.45) is 0 Å². The molecule has 1 rings (SSSR count). The second-order valence-electron chi connectivity index (χ2n) is 2.54. The van der Waals surface area contributed by atoms with Gasteiger partial charge in [0.1, 0.15) is 12.1 Å². The lowest BCUT2D eigenvalue weighted by Gasteiger charge is -2.08. The van der Waals surface area contributed by atoms with E-state index in [2.05, 4.69) is 4.98 Å². The summed E-state index contributed by atoms with van der Waals surface area (Å²) in [6.45, 7) is 0. The molecule has 0 aliphatic carbocycles. The summed E-state index contributed by atoms with van der Waals surface area (Å²) in [6.07, 6.45) is -4.71. The maximum Gasteiger partial charge on any atom is 0.419 e. The third-order valence-electron chi connectivity index (χ3n) is 1.57. The van der Waals surface area contributed by atoms with Crippen molar-refractivity contribution in [3.8, 4) is 12.1 Å². The number of anilines is 1. The molecule has 4 nitrogen and oxygen atoms in total. The Labute approximate surface area is 82.4 Å². The molecule has 0 aliphatic rings. The van der Waals surface area contributed by atoms with Crippen molar-refractivity contribution >= 4 is 5.69 Å². The summed E-state index contributed by atoms with van der Waals surface area (Å²) in [5.74, 6) is 0. The summed E-state index contributed by atoms with van der Waals surface area (Å²) in [7, 11) is 0. The Bertz CT molecular complexity index is 478. The number of alkyl halides is 3.